The fraction of sp³-hybridized carbons (Fsp3) is 0.222. The summed E-state index contributed by atoms with van der Waals surface area (Å²) in [7, 11) is 0. The van der Waals surface area contributed by atoms with Gasteiger partial charge in [0.25, 0.3) is 11.8 Å². The molecule has 4 rings (SSSR count). The van der Waals surface area contributed by atoms with Crippen molar-refractivity contribution < 1.29 is 19.1 Å². The fourth-order valence-electron chi connectivity index (χ4n) is 3.72. The lowest BCUT2D eigenvalue weighted by Gasteiger charge is -2.15. The molecule has 0 aliphatic carbocycles. The molecule has 1 aliphatic rings. The van der Waals surface area contributed by atoms with Gasteiger partial charge < -0.3 is 14.8 Å². The number of aromatic nitrogens is 1. The van der Waals surface area contributed by atoms with Gasteiger partial charge in [-0.3, -0.25) is 19.5 Å². The summed E-state index contributed by atoms with van der Waals surface area (Å²) in [5.41, 5.74) is 2.35. The number of anilines is 1. The van der Waals surface area contributed by atoms with Gasteiger partial charge in [0, 0.05) is 6.20 Å². The van der Waals surface area contributed by atoms with Gasteiger partial charge >= 0.3 is 0 Å². The summed E-state index contributed by atoms with van der Waals surface area (Å²) < 4.78 is 11.4. The first-order valence-corrected chi connectivity index (χ1v) is 11.2. The maximum absolute atomic E-state index is 13.5. The molecule has 7 heteroatoms. The van der Waals surface area contributed by atoms with Crippen LogP contribution in [0.3, 0.4) is 0 Å². The van der Waals surface area contributed by atoms with E-state index in [1.807, 2.05) is 51.1 Å². The van der Waals surface area contributed by atoms with E-state index < -0.39 is 5.91 Å². The van der Waals surface area contributed by atoms with E-state index in [0.717, 1.165) is 0 Å². The van der Waals surface area contributed by atoms with Crippen LogP contribution in [-0.4, -0.2) is 34.4 Å². The maximum atomic E-state index is 13.5. The number of carbonyl (C=O) groups excluding carboxylic acids is 2. The number of benzene rings is 2. The molecule has 1 aromatic heterocycles. The van der Waals surface area contributed by atoms with Crippen molar-refractivity contribution in [3.63, 3.8) is 0 Å². The fourth-order valence-corrected chi connectivity index (χ4v) is 3.72. The number of amides is 2. The molecule has 2 heterocycles. The van der Waals surface area contributed by atoms with Gasteiger partial charge in [-0.1, -0.05) is 30.3 Å². The number of carbonyl (C=O) groups is 2. The number of pyridine rings is 1. The van der Waals surface area contributed by atoms with Crippen LogP contribution in [0.2, 0.25) is 0 Å². The lowest BCUT2D eigenvalue weighted by molar-refractivity contribution is -0.137. The van der Waals surface area contributed by atoms with E-state index in [9.17, 15) is 9.59 Å². The highest BCUT2D eigenvalue weighted by Crippen LogP contribution is 2.34. The number of ether oxygens (including phenoxy) is 2. The SMILES string of the molecule is CCOc1ccccc1NC1=C(c2ccc(OC(C)C)cc2)C(=O)N(Cc2ccccn2)C1=O. The number of imide groups is 1. The summed E-state index contributed by atoms with van der Waals surface area (Å²) in [6.45, 7) is 6.34. The Hall–Kier alpha value is -4.13. The third-order valence-electron chi connectivity index (χ3n) is 5.18. The molecule has 34 heavy (non-hydrogen) atoms. The van der Waals surface area contributed by atoms with Crippen LogP contribution >= 0.6 is 0 Å². The zero-order chi connectivity index (χ0) is 24.1. The lowest BCUT2D eigenvalue weighted by Crippen LogP contribution is -2.32. The van der Waals surface area contributed by atoms with Crippen LogP contribution in [0.25, 0.3) is 5.57 Å². The summed E-state index contributed by atoms with van der Waals surface area (Å²) in [4.78, 5) is 32.5. The third-order valence-corrected chi connectivity index (χ3v) is 5.18. The van der Waals surface area contributed by atoms with Crippen molar-refractivity contribution >= 4 is 23.1 Å². The van der Waals surface area contributed by atoms with Crippen LogP contribution in [0.1, 0.15) is 32.0 Å². The molecule has 0 bridgehead atoms. The quantitative estimate of drug-likeness (QED) is 0.471. The molecular weight excluding hydrogens is 430 g/mol. The van der Waals surface area contributed by atoms with Gasteiger partial charge in [0.1, 0.15) is 17.2 Å². The van der Waals surface area contributed by atoms with E-state index in [-0.39, 0.29) is 24.3 Å². The first-order valence-electron chi connectivity index (χ1n) is 11.2. The minimum Gasteiger partial charge on any atom is -0.492 e. The topological polar surface area (TPSA) is 80.8 Å². The molecule has 0 saturated carbocycles. The summed E-state index contributed by atoms with van der Waals surface area (Å²) >= 11 is 0. The summed E-state index contributed by atoms with van der Waals surface area (Å²) in [5, 5.41) is 3.18. The minimum atomic E-state index is -0.417. The molecule has 0 fully saturated rings. The molecule has 174 valence electrons. The van der Waals surface area contributed by atoms with E-state index in [4.69, 9.17) is 9.47 Å². The zero-order valence-corrected chi connectivity index (χ0v) is 19.4. The Morgan fingerprint density at radius 2 is 1.68 bits per heavy atom. The summed E-state index contributed by atoms with van der Waals surface area (Å²) in [6, 6.07) is 19.9. The van der Waals surface area contributed by atoms with Crippen molar-refractivity contribution in [2.45, 2.75) is 33.4 Å². The normalized spacial score (nSPS) is 13.6. The van der Waals surface area contributed by atoms with Crippen molar-refractivity contribution in [1.82, 2.24) is 9.88 Å². The molecule has 0 radical (unpaired) electrons. The number of nitrogens with one attached hydrogen (secondary N) is 1. The second-order valence-corrected chi connectivity index (χ2v) is 8.01. The Morgan fingerprint density at radius 1 is 0.941 bits per heavy atom. The second kappa shape index (κ2) is 10.2. The highest BCUT2D eigenvalue weighted by atomic mass is 16.5. The molecule has 2 aromatic carbocycles. The van der Waals surface area contributed by atoms with Crippen LogP contribution in [0.15, 0.2) is 78.6 Å². The predicted molar refractivity (Wildman–Crippen MR) is 130 cm³/mol. The average Bonchev–Trinajstić information content (AvgIpc) is 3.05. The van der Waals surface area contributed by atoms with Crippen LogP contribution in [0, 0.1) is 0 Å². The zero-order valence-electron chi connectivity index (χ0n) is 19.4. The maximum Gasteiger partial charge on any atom is 0.278 e. The van der Waals surface area contributed by atoms with Crippen molar-refractivity contribution in [3.8, 4) is 11.5 Å². The number of rotatable bonds is 9. The van der Waals surface area contributed by atoms with Gasteiger partial charge in [-0.05, 0) is 62.7 Å². The Balaban J connectivity index is 1.73. The summed E-state index contributed by atoms with van der Waals surface area (Å²) in [6.07, 6.45) is 1.67. The number of hydrogen-bond acceptors (Lipinski definition) is 6. The van der Waals surface area contributed by atoms with Crippen LogP contribution in [0.5, 0.6) is 11.5 Å². The molecule has 2 amide bonds. The highest BCUT2D eigenvalue weighted by Gasteiger charge is 2.39. The van der Waals surface area contributed by atoms with E-state index >= 15 is 0 Å². The first kappa shape index (κ1) is 23.0. The monoisotopic (exact) mass is 457 g/mol. The minimum absolute atomic E-state index is 0.0286. The Labute approximate surface area is 199 Å². The van der Waals surface area contributed by atoms with Gasteiger partial charge in [0.2, 0.25) is 0 Å². The largest absolute Gasteiger partial charge is 0.492 e. The summed E-state index contributed by atoms with van der Waals surface area (Å²) in [5.74, 6) is 0.489. The van der Waals surface area contributed by atoms with E-state index in [2.05, 4.69) is 10.3 Å². The van der Waals surface area contributed by atoms with Crippen LogP contribution in [0.4, 0.5) is 5.69 Å². The number of para-hydroxylation sites is 2. The van der Waals surface area contributed by atoms with Gasteiger partial charge in [-0.15, -0.1) is 0 Å². The molecule has 3 aromatic rings. The van der Waals surface area contributed by atoms with Gasteiger partial charge in [-0.25, -0.2) is 0 Å². The molecule has 0 saturated heterocycles. The van der Waals surface area contributed by atoms with Crippen LogP contribution < -0.4 is 14.8 Å². The van der Waals surface area contributed by atoms with E-state index in [0.29, 0.717) is 40.6 Å². The van der Waals surface area contributed by atoms with Gasteiger partial charge in [-0.2, -0.15) is 0 Å². The van der Waals surface area contributed by atoms with E-state index in [1.54, 1.807) is 42.6 Å². The smallest absolute Gasteiger partial charge is 0.278 e. The molecular formula is C27H27N3O4. The Morgan fingerprint density at radius 3 is 2.35 bits per heavy atom. The van der Waals surface area contributed by atoms with Crippen molar-refractivity contribution in [1.29, 1.82) is 0 Å². The molecule has 1 N–H and O–H groups in total. The second-order valence-electron chi connectivity index (χ2n) is 8.01. The van der Waals surface area contributed by atoms with Crippen molar-refractivity contribution in [3.05, 3.63) is 89.9 Å². The van der Waals surface area contributed by atoms with Crippen molar-refractivity contribution in [2.24, 2.45) is 0 Å². The van der Waals surface area contributed by atoms with Gasteiger partial charge in [0.15, 0.2) is 0 Å². The first-order chi connectivity index (χ1) is 16.5. The van der Waals surface area contributed by atoms with Gasteiger partial charge in [0.05, 0.1) is 36.2 Å². The molecule has 0 spiro atoms. The lowest BCUT2D eigenvalue weighted by atomic mass is 10.0. The molecule has 0 unspecified atom stereocenters. The average molecular weight is 458 g/mol. The number of nitrogens with zero attached hydrogens (tertiary/aromatic N) is 2. The molecule has 7 nitrogen and oxygen atoms in total. The standard InChI is InChI=1S/C27H27N3O4/c1-4-33-23-11-6-5-10-22(23)29-25-24(19-12-14-21(15-13-19)34-18(2)3)26(31)30(27(25)32)17-20-9-7-8-16-28-20/h5-16,18,29H,4,17H2,1-3H3. The number of hydrogen-bond donors (Lipinski definition) is 1. The van der Waals surface area contributed by atoms with E-state index in [1.165, 1.54) is 4.90 Å². The Bertz CT molecular complexity index is 1200. The molecule has 0 atom stereocenters. The predicted octanol–water partition coefficient (Wildman–Crippen LogP) is 4.66. The third kappa shape index (κ3) is 4.93. The van der Waals surface area contributed by atoms with Crippen LogP contribution in [-0.2, 0) is 16.1 Å². The Kier molecular flexibility index (Phi) is 6.92. The highest BCUT2D eigenvalue weighted by molar-refractivity contribution is 6.36. The molecule has 1 aliphatic heterocycles. The van der Waals surface area contributed by atoms with Crippen molar-refractivity contribution in [2.75, 3.05) is 11.9 Å².